The predicted molar refractivity (Wildman–Crippen MR) is 69.2 cm³/mol. The first kappa shape index (κ1) is 17.1. The molecule has 0 bridgehead atoms. The van der Waals surface area contributed by atoms with Crippen LogP contribution in [0.25, 0.3) is 0 Å². The molecule has 0 amide bonds. The number of aliphatic hydroxyl groups excluding tert-OH is 1. The summed E-state index contributed by atoms with van der Waals surface area (Å²) in [5.74, 6) is 0. The molecule has 2 N–H and O–H groups in total. The monoisotopic (exact) mass is 267 g/mol. The van der Waals surface area contributed by atoms with Gasteiger partial charge in [-0.25, -0.2) is 0 Å². The molecule has 17 heavy (non-hydrogen) atoms. The Labute approximate surface area is 104 Å². The average molecular weight is 267 g/mol. The number of nitrogens with one attached hydrogen (secondary N) is 1. The summed E-state index contributed by atoms with van der Waals surface area (Å²) in [6.45, 7) is 9.82. The van der Waals surface area contributed by atoms with Crippen molar-refractivity contribution in [2.24, 2.45) is 5.41 Å². The van der Waals surface area contributed by atoms with Crippen LogP contribution < -0.4 is 5.32 Å². The Morgan fingerprint density at radius 2 is 1.65 bits per heavy atom. The molecule has 104 valence electrons. The minimum Gasteiger partial charge on any atom is -0.378 e. The van der Waals surface area contributed by atoms with Gasteiger partial charge >= 0.3 is 7.60 Å². The molecule has 0 aliphatic rings. The van der Waals surface area contributed by atoms with Crippen LogP contribution in [0.1, 0.15) is 34.6 Å². The fourth-order valence-corrected chi connectivity index (χ4v) is 4.40. The van der Waals surface area contributed by atoms with Gasteiger partial charge < -0.3 is 14.2 Å². The Hall–Kier alpha value is 0.0700. The topological polar surface area (TPSA) is 67.8 Å². The second-order valence-electron chi connectivity index (χ2n) is 4.92. The second kappa shape index (κ2) is 6.86. The molecule has 0 aromatic rings. The fourth-order valence-electron chi connectivity index (χ4n) is 1.84. The molecule has 0 aromatic heterocycles. The lowest BCUT2D eigenvalue weighted by atomic mass is 9.90. The fraction of sp³-hybridized carbons (Fsp3) is 1.00. The molecule has 0 fully saturated rings. The first-order chi connectivity index (χ1) is 7.72. The first-order valence-electron chi connectivity index (χ1n) is 5.97. The van der Waals surface area contributed by atoms with Crippen LogP contribution in [0.5, 0.6) is 0 Å². The van der Waals surface area contributed by atoms with Gasteiger partial charge in [0.15, 0.2) is 0 Å². The lowest BCUT2D eigenvalue weighted by Crippen LogP contribution is -2.45. The Balaban J connectivity index is 5.30. The van der Waals surface area contributed by atoms with E-state index < -0.39 is 24.9 Å². The molecular formula is C11H26NO4P. The molecular weight excluding hydrogens is 241 g/mol. The van der Waals surface area contributed by atoms with Crippen LogP contribution in [0.15, 0.2) is 0 Å². The van der Waals surface area contributed by atoms with Crippen LogP contribution in [-0.4, -0.2) is 37.3 Å². The minimum absolute atomic E-state index is 0.292. The standard InChI is InChI=1S/C11H26NO4P/c1-7-15-17(14,16-8-2)9(10(13)12-6)11(3,4)5/h9-10,12-13H,7-8H2,1-6H3. The van der Waals surface area contributed by atoms with Crippen LogP contribution in [-0.2, 0) is 13.6 Å². The maximum absolute atomic E-state index is 12.7. The van der Waals surface area contributed by atoms with E-state index >= 15 is 0 Å². The first-order valence-corrected chi connectivity index (χ1v) is 7.58. The number of hydrogen-bond acceptors (Lipinski definition) is 5. The van der Waals surface area contributed by atoms with E-state index in [0.717, 1.165) is 0 Å². The highest BCUT2D eigenvalue weighted by Gasteiger charge is 2.47. The Morgan fingerprint density at radius 1 is 1.24 bits per heavy atom. The van der Waals surface area contributed by atoms with Gasteiger partial charge in [-0.3, -0.25) is 9.88 Å². The van der Waals surface area contributed by atoms with Gasteiger partial charge in [-0.2, -0.15) is 0 Å². The molecule has 0 spiro atoms. The molecule has 0 heterocycles. The zero-order valence-corrected chi connectivity index (χ0v) is 12.6. The summed E-state index contributed by atoms with van der Waals surface area (Å²) in [6.07, 6.45) is -0.932. The predicted octanol–water partition coefficient (Wildman–Crippen LogP) is 2.21. The van der Waals surface area contributed by atoms with Crippen molar-refractivity contribution in [2.75, 3.05) is 20.3 Å². The largest absolute Gasteiger partial charge is 0.378 e. The molecule has 2 atom stereocenters. The molecule has 6 heteroatoms. The zero-order valence-electron chi connectivity index (χ0n) is 11.7. The molecule has 5 nitrogen and oxygen atoms in total. The molecule has 0 aliphatic heterocycles. The molecule has 0 rings (SSSR count). The third-order valence-corrected chi connectivity index (χ3v) is 5.42. The van der Waals surface area contributed by atoms with Crippen LogP contribution in [0.4, 0.5) is 0 Å². The van der Waals surface area contributed by atoms with Crippen LogP contribution in [0, 0.1) is 5.41 Å². The van der Waals surface area contributed by atoms with Crippen LogP contribution in [0.2, 0.25) is 0 Å². The lowest BCUT2D eigenvalue weighted by Gasteiger charge is -2.38. The quantitative estimate of drug-likeness (QED) is 0.547. The highest BCUT2D eigenvalue weighted by atomic mass is 31.2. The van der Waals surface area contributed by atoms with E-state index in [4.69, 9.17) is 9.05 Å². The van der Waals surface area contributed by atoms with Gasteiger partial charge in [-0.05, 0) is 26.3 Å². The third kappa shape index (κ3) is 4.68. The van der Waals surface area contributed by atoms with Gasteiger partial charge in [0.1, 0.15) is 11.9 Å². The Kier molecular flexibility index (Phi) is 6.89. The highest BCUT2D eigenvalue weighted by Crippen LogP contribution is 2.59. The van der Waals surface area contributed by atoms with Gasteiger partial charge in [0.2, 0.25) is 0 Å². The maximum Gasteiger partial charge on any atom is 0.338 e. The third-order valence-electron chi connectivity index (χ3n) is 2.44. The summed E-state index contributed by atoms with van der Waals surface area (Å²) < 4.78 is 23.3. The Bertz CT molecular complexity index is 255. The van der Waals surface area contributed by atoms with E-state index in [1.807, 2.05) is 20.8 Å². The van der Waals surface area contributed by atoms with Crippen molar-refractivity contribution in [2.45, 2.75) is 46.5 Å². The molecule has 0 saturated carbocycles. The maximum atomic E-state index is 12.7. The smallest absolute Gasteiger partial charge is 0.338 e. The van der Waals surface area contributed by atoms with Gasteiger partial charge in [-0.1, -0.05) is 20.8 Å². The van der Waals surface area contributed by atoms with Gasteiger partial charge in [0, 0.05) is 0 Å². The van der Waals surface area contributed by atoms with Crippen molar-refractivity contribution in [3.8, 4) is 0 Å². The molecule has 0 aromatic carbocycles. The van der Waals surface area contributed by atoms with Gasteiger partial charge in [-0.15, -0.1) is 0 Å². The minimum atomic E-state index is -3.34. The zero-order chi connectivity index (χ0) is 13.7. The van der Waals surface area contributed by atoms with E-state index in [1.54, 1.807) is 20.9 Å². The molecule has 0 aliphatic carbocycles. The Morgan fingerprint density at radius 3 is 1.88 bits per heavy atom. The van der Waals surface area contributed by atoms with Crippen molar-refractivity contribution < 1.29 is 18.7 Å². The summed E-state index contributed by atoms with van der Waals surface area (Å²) >= 11 is 0. The van der Waals surface area contributed by atoms with Gasteiger partial charge in [0.25, 0.3) is 0 Å². The van der Waals surface area contributed by atoms with E-state index in [9.17, 15) is 9.67 Å². The summed E-state index contributed by atoms with van der Waals surface area (Å²) in [4.78, 5) is 0. The summed E-state index contributed by atoms with van der Waals surface area (Å²) in [6, 6.07) is 0. The van der Waals surface area contributed by atoms with Crippen molar-refractivity contribution in [3.63, 3.8) is 0 Å². The van der Waals surface area contributed by atoms with Gasteiger partial charge in [0.05, 0.1) is 13.2 Å². The number of aliphatic hydroxyl groups is 1. The molecule has 0 radical (unpaired) electrons. The highest BCUT2D eigenvalue weighted by molar-refractivity contribution is 7.54. The van der Waals surface area contributed by atoms with E-state index in [2.05, 4.69) is 5.32 Å². The number of rotatable bonds is 7. The van der Waals surface area contributed by atoms with E-state index in [1.165, 1.54) is 0 Å². The lowest BCUT2D eigenvalue weighted by molar-refractivity contribution is 0.0786. The van der Waals surface area contributed by atoms with Crippen molar-refractivity contribution in [3.05, 3.63) is 0 Å². The average Bonchev–Trinajstić information content (AvgIpc) is 2.15. The summed E-state index contributed by atoms with van der Waals surface area (Å²) in [5, 5.41) is 12.7. The van der Waals surface area contributed by atoms with Crippen molar-refractivity contribution >= 4 is 7.60 Å². The van der Waals surface area contributed by atoms with Crippen molar-refractivity contribution in [1.29, 1.82) is 0 Å². The SMILES string of the molecule is CCOP(=O)(OCC)C(C(O)NC)C(C)(C)C. The summed E-state index contributed by atoms with van der Waals surface area (Å²) in [5.41, 5.74) is -1.01. The molecule has 0 saturated heterocycles. The van der Waals surface area contributed by atoms with Crippen LogP contribution in [0.3, 0.4) is 0 Å². The van der Waals surface area contributed by atoms with Crippen molar-refractivity contribution in [1.82, 2.24) is 5.32 Å². The van der Waals surface area contributed by atoms with E-state index in [-0.39, 0.29) is 0 Å². The molecule has 2 unspecified atom stereocenters. The second-order valence-corrected chi connectivity index (χ2v) is 7.07. The normalized spacial score (nSPS) is 16.9. The number of hydrogen-bond donors (Lipinski definition) is 2. The van der Waals surface area contributed by atoms with E-state index in [0.29, 0.717) is 13.2 Å². The van der Waals surface area contributed by atoms with Crippen LogP contribution >= 0.6 is 7.60 Å². The summed E-state index contributed by atoms with van der Waals surface area (Å²) in [7, 11) is -1.72.